The van der Waals surface area contributed by atoms with E-state index in [-0.39, 0.29) is 11.6 Å². The molecule has 6 nitrogen and oxygen atoms in total. The third kappa shape index (κ3) is 3.23. The fraction of sp³-hybridized carbons (Fsp3) is 0.857. The monoisotopic (exact) mass is 285 g/mol. The van der Waals surface area contributed by atoms with Gasteiger partial charge in [-0.15, -0.1) is 0 Å². The molecule has 6 heteroatoms. The minimum absolute atomic E-state index is 0.0973. The molecule has 0 saturated carbocycles. The van der Waals surface area contributed by atoms with Gasteiger partial charge in [0.25, 0.3) is 0 Å². The molecule has 1 heterocycles. The summed E-state index contributed by atoms with van der Waals surface area (Å²) in [5, 5.41) is 12.1. The predicted octanol–water partition coefficient (Wildman–Crippen LogP) is 1.37. The number of likely N-dealkylation sites (N-methyl/N-ethyl adjacent to an activating group) is 1. The molecule has 0 radical (unpaired) electrons. The molecule has 116 valence electrons. The van der Waals surface area contributed by atoms with E-state index in [1.807, 2.05) is 7.05 Å². The van der Waals surface area contributed by atoms with Gasteiger partial charge in [-0.25, -0.2) is 9.59 Å². The van der Waals surface area contributed by atoms with E-state index >= 15 is 0 Å². The lowest BCUT2D eigenvalue weighted by atomic mass is 9.93. The highest BCUT2D eigenvalue weighted by molar-refractivity contribution is 5.86. The summed E-state index contributed by atoms with van der Waals surface area (Å²) >= 11 is 0. The largest absolute Gasteiger partial charge is 0.480 e. The van der Waals surface area contributed by atoms with Gasteiger partial charge in [0, 0.05) is 25.2 Å². The maximum absolute atomic E-state index is 12.4. The van der Waals surface area contributed by atoms with Crippen LogP contribution in [0.2, 0.25) is 0 Å². The summed E-state index contributed by atoms with van der Waals surface area (Å²) in [5.74, 6) is -0.968. The highest BCUT2D eigenvalue weighted by Crippen LogP contribution is 2.21. The van der Waals surface area contributed by atoms with Crippen LogP contribution in [-0.2, 0) is 4.79 Å². The van der Waals surface area contributed by atoms with Crippen LogP contribution in [0.4, 0.5) is 4.79 Å². The Hall–Kier alpha value is -1.30. The van der Waals surface area contributed by atoms with E-state index in [2.05, 4.69) is 24.1 Å². The molecule has 0 aromatic heterocycles. The standard InChI is InChI=1S/C14H27N3O3/c1-6-14(7-2,11(18)19)15-12(20)17-9-8-16(5)13(3,4)10-17/h6-10H2,1-5H3,(H,15,20)(H,18,19). The Morgan fingerprint density at radius 3 is 2.20 bits per heavy atom. The van der Waals surface area contributed by atoms with Gasteiger partial charge in [0.05, 0.1) is 0 Å². The van der Waals surface area contributed by atoms with Crippen LogP contribution in [0.1, 0.15) is 40.5 Å². The van der Waals surface area contributed by atoms with Gasteiger partial charge in [0.1, 0.15) is 5.54 Å². The van der Waals surface area contributed by atoms with Crippen molar-refractivity contribution in [1.82, 2.24) is 15.1 Å². The molecule has 0 unspecified atom stereocenters. The topological polar surface area (TPSA) is 72.9 Å². The van der Waals surface area contributed by atoms with Crippen LogP contribution in [0, 0.1) is 0 Å². The molecule has 0 aliphatic carbocycles. The van der Waals surface area contributed by atoms with Crippen LogP contribution in [0.25, 0.3) is 0 Å². The fourth-order valence-electron chi connectivity index (χ4n) is 2.48. The van der Waals surface area contributed by atoms with Crippen LogP contribution in [-0.4, -0.2) is 64.7 Å². The number of carbonyl (C=O) groups excluding carboxylic acids is 1. The third-order valence-corrected chi connectivity index (χ3v) is 4.57. The van der Waals surface area contributed by atoms with E-state index in [1.165, 1.54) is 0 Å². The van der Waals surface area contributed by atoms with Crippen molar-refractivity contribution in [3.8, 4) is 0 Å². The average molecular weight is 285 g/mol. The first-order valence-electron chi connectivity index (χ1n) is 7.20. The molecule has 0 spiro atoms. The molecule has 0 bridgehead atoms. The molecule has 1 rings (SSSR count). The quantitative estimate of drug-likeness (QED) is 0.818. The summed E-state index contributed by atoms with van der Waals surface area (Å²) in [6, 6.07) is -0.280. The number of piperazine rings is 1. The van der Waals surface area contributed by atoms with Gasteiger partial charge in [-0.3, -0.25) is 4.90 Å². The van der Waals surface area contributed by atoms with E-state index < -0.39 is 11.5 Å². The van der Waals surface area contributed by atoms with Gasteiger partial charge < -0.3 is 15.3 Å². The van der Waals surface area contributed by atoms with Gasteiger partial charge in [-0.05, 0) is 33.7 Å². The summed E-state index contributed by atoms with van der Waals surface area (Å²) in [6.07, 6.45) is 0.753. The van der Waals surface area contributed by atoms with Crippen LogP contribution < -0.4 is 5.32 Å². The number of carbonyl (C=O) groups is 2. The Labute approximate surface area is 121 Å². The lowest BCUT2D eigenvalue weighted by Gasteiger charge is -2.46. The van der Waals surface area contributed by atoms with E-state index in [4.69, 9.17) is 0 Å². The van der Waals surface area contributed by atoms with Gasteiger partial charge >= 0.3 is 12.0 Å². The Kier molecular flexibility index (Phi) is 5.02. The molecular formula is C14H27N3O3. The summed E-state index contributed by atoms with van der Waals surface area (Å²) in [7, 11) is 2.04. The molecular weight excluding hydrogens is 258 g/mol. The van der Waals surface area contributed by atoms with Crippen molar-refractivity contribution in [3.05, 3.63) is 0 Å². The Balaban J connectivity index is 2.78. The highest BCUT2D eigenvalue weighted by atomic mass is 16.4. The van der Waals surface area contributed by atoms with Crippen molar-refractivity contribution in [2.45, 2.75) is 51.6 Å². The second-order valence-corrected chi connectivity index (χ2v) is 6.18. The SMILES string of the molecule is CCC(CC)(NC(=O)N1CCN(C)C(C)(C)C1)C(=O)O. The lowest BCUT2D eigenvalue weighted by Crippen LogP contribution is -2.64. The number of nitrogens with one attached hydrogen (secondary N) is 1. The average Bonchev–Trinajstić information content (AvgIpc) is 2.38. The molecule has 0 aromatic carbocycles. The molecule has 1 saturated heterocycles. The number of aliphatic carboxylic acids is 1. The Morgan fingerprint density at radius 1 is 1.25 bits per heavy atom. The maximum Gasteiger partial charge on any atom is 0.329 e. The van der Waals surface area contributed by atoms with Crippen molar-refractivity contribution in [2.24, 2.45) is 0 Å². The zero-order valence-corrected chi connectivity index (χ0v) is 13.2. The number of urea groups is 1. The molecule has 2 amide bonds. The lowest BCUT2D eigenvalue weighted by molar-refractivity contribution is -0.144. The minimum Gasteiger partial charge on any atom is -0.480 e. The molecule has 1 fully saturated rings. The molecule has 0 aromatic rings. The van der Waals surface area contributed by atoms with Crippen LogP contribution in [0.15, 0.2) is 0 Å². The molecule has 0 atom stereocenters. The third-order valence-electron chi connectivity index (χ3n) is 4.57. The number of carboxylic acids is 1. The van der Waals surface area contributed by atoms with E-state index in [0.29, 0.717) is 25.9 Å². The van der Waals surface area contributed by atoms with Crippen LogP contribution in [0.3, 0.4) is 0 Å². The molecule has 1 aliphatic rings. The van der Waals surface area contributed by atoms with Gasteiger partial charge in [-0.1, -0.05) is 13.8 Å². The summed E-state index contributed by atoms with van der Waals surface area (Å²) in [6.45, 7) is 9.73. The van der Waals surface area contributed by atoms with Crippen molar-refractivity contribution in [3.63, 3.8) is 0 Å². The Morgan fingerprint density at radius 2 is 1.80 bits per heavy atom. The van der Waals surface area contributed by atoms with Crippen LogP contribution in [0.5, 0.6) is 0 Å². The van der Waals surface area contributed by atoms with Crippen molar-refractivity contribution < 1.29 is 14.7 Å². The number of amides is 2. The zero-order valence-electron chi connectivity index (χ0n) is 13.2. The molecule has 20 heavy (non-hydrogen) atoms. The van der Waals surface area contributed by atoms with Crippen molar-refractivity contribution in [1.29, 1.82) is 0 Å². The number of hydrogen-bond acceptors (Lipinski definition) is 3. The maximum atomic E-state index is 12.4. The smallest absolute Gasteiger partial charge is 0.329 e. The first-order valence-corrected chi connectivity index (χ1v) is 7.20. The number of nitrogens with zero attached hydrogens (tertiary/aromatic N) is 2. The number of carboxylic acid groups (broad SMARTS) is 1. The summed E-state index contributed by atoms with van der Waals surface area (Å²) in [5.41, 5.74) is -1.26. The summed E-state index contributed by atoms with van der Waals surface area (Å²) in [4.78, 5) is 27.7. The normalized spacial score (nSPS) is 19.8. The predicted molar refractivity (Wildman–Crippen MR) is 77.8 cm³/mol. The molecule has 2 N–H and O–H groups in total. The number of hydrogen-bond donors (Lipinski definition) is 2. The zero-order chi connectivity index (χ0) is 15.6. The van der Waals surface area contributed by atoms with Crippen molar-refractivity contribution in [2.75, 3.05) is 26.7 Å². The van der Waals surface area contributed by atoms with Gasteiger partial charge in [0.15, 0.2) is 0 Å². The van der Waals surface area contributed by atoms with Gasteiger partial charge in [0.2, 0.25) is 0 Å². The highest BCUT2D eigenvalue weighted by Gasteiger charge is 2.40. The Bertz CT molecular complexity index is 378. The number of rotatable bonds is 4. The van der Waals surface area contributed by atoms with E-state index in [9.17, 15) is 14.7 Å². The van der Waals surface area contributed by atoms with Gasteiger partial charge in [-0.2, -0.15) is 0 Å². The first kappa shape index (κ1) is 16.8. The first-order chi connectivity index (χ1) is 9.18. The summed E-state index contributed by atoms with van der Waals surface area (Å²) < 4.78 is 0. The fourth-order valence-corrected chi connectivity index (χ4v) is 2.48. The van der Waals surface area contributed by atoms with E-state index in [1.54, 1.807) is 18.7 Å². The molecule has 1 aliphatic heterocycles. The second-order valence-electron chi connectivity index (χ2n) is 6.18. The van der Waals surface area contributed by atoms with Crippen LogP contribution >= 0.6 is 0 Å². The van der Waals surface area contributed by atoms with E-state index in [0.717, 1.165) is 6.54 Å². The second kappa shape index (κ2) is 5.99. The minimum atomic E-state index is -1.16. The van der Waals surface area contributed by atoms with Crippen molar-refractivity contribution >= 4 is 12.0 Å².